The molecule has 0 saturated heterocycles. The lowest BCUT2D eigenvalue weighted by Gasteiger charge is -2.29. The molecule has 0 aliphatic heterocycles. The summed E-state index contributed by atoms with van der Waals surface area (Å²) in [4.78, 5) is 26.6. The van der Waals surface area contributed by atoms with Gasteiger partial charge in [-0.2, -0.15) is 0 Å². The van der Waals surface area contributed by atoms with Gasteiger partial charge in [-0.1, -0.05) is 42.3 Å². The van der Waals surface area contributed by atoms with Crippen LogP contribution >= 0.6 is 39.1 Å². The predicted molar refractivity (Wildman–Crippen MR) is 120 cm³/mol. The molecule has 2 aromatic carbocycles. The number of hydrogen-bond donors (Lipinski definition) is 1. The minimum absolute atomic E-state index is 0.0885. The van der Waals surface area contributed by atoms with E-state index in [1.165, 1.54) is 11.9 Å². The molecule has 0 bridgehead atoms. The summed E-state index contributed by atoms with van der Waals surface area (Å²) in [6.07, 6.45) is 0.897. The molecule has 1 N–H and O–H groups in total. The first-order chi connectivity index (χ1) is 13.8. The monoisotopic (exact) mass is 500 g/mol. The molecule has 0 radical (unpaired) electrons. The molecular weight excluding hydrogens is 479 g/mol. The van der Waals surface area contributed by atoms with Crippen molar-refractivity contribution in [3.8, 4) is 5.75 Å². The van der Waals surface area contributed by atoms with Crippen LogP contribution in [-0.4, -0.2) is 36.4 Å². The highest BCUT2D eigenvalue weighted by Gasteiger charge is 2.27. The van der Waals surface area contributed by atoms with Gasteiger partial charge in [-0.25, -0.2) is 0 Å². The van der Waals surface area contributed by atoms with E-state index in [4.69, 9.17) is 27.9 Å². The second-order valence-electron chi connectivity index (χ2n) is 6.42. The highest BCUT2D eigenvalue weighted by atomic mass is 79.9. The molecular formula is C21H23BrCl2N2O3. The number of halogens is 3. The Morgan fingerprint density at radius 2 is 1.86 bits per heavy atom. The van der Waals surface area contributed by atoms with E-state index in [2.05, 4.69) is 28.2 Å². The van der Waals surface area contributed by atoms with Crippen LogP contribution in [0.1, 0.15) is 25.0 Å². The molecule has 8 heteroatoms. The van der Waals surface area contributed by atoms with Gasteiger partial charge in [-0.3, -0.25) is 9.59 Å². The summed E-state index contributed by atoms with van der Waals surface area (Å²) in [5.41, 5.74) is 1.73. The molecule has 0 spiro atoms. The molecule has 2 amide bonds. The van der Waals surface area contributed by atoms with E-state index in [1.807, 2.05) is 18.2 Å². The van der Waals surface area contributed by atoms with E-state index in [9.17, 15) is 9.59 Å². The molecule has 29 heavy (non-hydrogen) atoms. The van der Waals surface area contributed by atoms with Crippen molar-refractivity contribution in [3.05, 3.63) is 62.0 Å². The molecule has 0 aliphatic rings. The minimum Gasteiger partial charge on any atom is -0.483 e. The van der Waals surface area contributed by atoms with Gasteiger partial charge >= 0.3 is 0 Å². The maximum Gasteiger partial charge on any atom is 0.261 e. The number of carbonyl (C=O) groups is 2. The van der Waals surface area contributed by atoms with E-state index in [0.717, 1.165) is 16.5 Å². The maximum atomic E-state index is 13.0. The summed E-state index contributed by atoms with van der Waals surface area (Å²) in [5, 5.41) is 3.42. The Balaban J connectivity index is 2.21. The lowest BCUT2D eigenvalue weighted by molar-refractivity contribution is -0.142. The standard InChI is InChI=1S/C21H23BrCl2N2O3/c1-4-14-8-9-19(16(22)10-14)29-12-20(27)26(13(2)21(28)25-3)11-15-17(23)6-5-7-18(15)24/h5-10,13H,4,11-12H2,1-3H3,(H,25,28). The summed E-state index contributed by atoms with van der Waals surface area (Å²) < 4.78 is 6.47. The van der Waals surface area contributed by atoms with Crippen molar-refractivity contribution < 1.29 is 14.3 Å². The average Bonchev–Trinajstić information content (AvgIpc) is 2.71. The lowest BCUT2D eigenvalue weighted by atomic mass is 10.1. The molecule has 1 atom stereocenters. The summed E-state index contributed by atoms with van der Waals surface area (Å²) in [5.74, 6) is -0.0996. The van der Waals surface area contributed by atoms with Crippen molar-refractivity contribution in [2.45, 2.75) is 32.9 Å². The zero-order valence-corrected chi connectivity index (χ0v) is 19.6. The summed E-state index contributed by atoms with van der Waals surface area (Å²) in [6, 6.07) is 10.1. The van der Waals surface area contributed by atoms with E-state index in [-0.39, 0.29) is 25.0 Å². The second-order valence-corrected chi connectivity index (χ2v) is 8.09. The topological polar surface area (TPSA) is 58.6 Å². The molecule has 0 fully saturated rings. The third kappa shape index (κ3) is 6.11. The van der Waals surface area contributed by atoms with Crippen molar-refractivity contribution in [2.75, 3.05) is 13.7 Å². The van der Waals surface area contributed by atoms with E-state index >= 15 is 0 Å². The SMILES string of the molecule is CCc1ccc(OCC(=O)N(Cc2c(Cl)cccc2Cl)C(C)C(=O)NC)c(Br)c1. The Kier molecular flexibility index (Phi) is 8.80. The highest BCUT2D eigenvalue weighted by molar-refractivity contribution is 9.10. The molecule has 0 heterocycles. The normalized spacial score (nSPS) is 11.7. The molecule has 156 valence electrons. The zero-order chi connectivity index (χ0) is 21.6. The quantitative estimate of drug-likeness (QED) is 0.561. The van der Waals surface area contributed by atoms with Gasteiger partial charge in [0.15, 0.2) is 6.61 Å². The Hall–Kier alpha value is -1.76. The van der Waals surface area contributed by atoms with Gasteiger partial charge in [0.2, 0.25) is 5.91 Å². The number of nitrogens with one attached hydrogen (secondary N) is 1. The van der Waals surface area contributed by atoms with Crippen LogP contribution in [0.15, 0.2) is 40.9 Å². The fourth-order valence-corrected chi connectivity index (χ4v) is 3.81. The number of aryl methyl sites for hydroxylation is 1. The van der Waals surface area contributed by atoms with Crippen LogP contribution in [0.5, 0.6) is 5.75 Å². The number of likely N-dealkylation sites (N-methyl/N-ethyl adjacent to an activating group) is 1. The van der Waals surface area contributed by atoms with Crippen LogP contribution in [-0.2, 0) is 22.6 Å². The number of hydrogen-bond acceptors (Lipinski definition) is 3. The molecule has 2 rings (SSSR count). The first kappa shape index (κ1) is 23.5. The van der Waals surface area contributed by atoms with Gasteiger partial charge in [-0.05, 0) is 59.1 Å². The highest BCUT2D eigenvalue weighted by Crippen LogP contribution is 2.28. The molecule has 2 aromatic rings. The number of amides is 2. The number of carbonyl (C=O) groups excluding carboxylic acids is 2. The Labute approximate surface area is 189 Å². The van der Waals surface area contributed by atoms with Crippen LogP contribution in [0.25, 0.3) is 0 Å². The molecule has 1 unspecified atom stereocenters. The zero-order valence-electron chi connectivity index (χ0n) is 16.5. The lowest BCUT2D eigenvalue weighted by Crippen LogP contribution is -2.48. The number of nitrogens with zero attached hydrogens (tertiary/aromatic N) is 1. The molecule has 0 aliphatic carbocycles. The number of ether oxygens (including phenoxy) is 1. The third-order valence-electron chi connectivity index (χ3n) is 4.56. The molecule has 0 saturated carbocycles. The fourth-order valence-electron chi connectivity index (χ4n) is 2.75. The van der Waals surface area contributed by atoms with Crippen LogP contribution in [0.4, 0.5) is 0 Å². The first-order valence-electron chi connectivity index (χ1n) is 9.13. The number of rotatable bonds is 8. The van der Waals surface area contributed by atoms with Crippen LogP contribution < -0.4 is 10.1 Å². The van der Waals surface area contributed by atoms with Crippen molar-refractivity contribution in [3.63, 3.8) is 0 Å². The van der Waals surface area contributed by atoms with E-state index in [0.29, 0.717) is 21.4 Å². The van der Waals surface area contributed by atoms with Crippen molar-refractivity contribution >= 4 is 50.9 Å². The molecule has 5 nitrogen and oxygen atoms in total. The van der Waals surface area contributed by atoms with E-state index < -0.39 is 6.04 Å². The summed E-state index contributed by atoms with van der Waals surface area (Å²) >= 11 is 16.0. The van der Waals surface area contributed by atoms with Crippen LogP contribution in [0.3, 0.4) is 0 Å². The Bertz CT molecular complexity index is 872. The second kappa shape index (κ2) is 10.9. The smallest absolute Gasteiger partial charge is 0.261 e. The van der Waals surface area contributed by atoms with Gasteiger partial charge in [0.1, 0.15) is 11.8 Å². The fraction of sp³-hybridized carbons (Fsp3) is 0.333. The van der Waals surface area contributed by atoms with Gasteiger partial charge in [0, 0.05) is 29.2 Å². The van der Waals surface area contributed by atoms with Crippen LogP contribution in [0.2, 0.25) is 10.0 Å². The first-order valence-corrected chi connectivity index (χ1v) is 10.7. The van der Waals surface area contributed by atoms with Crippen molar-refractivity contribution in [1.82, 2.24) is 10.2 Å². The average molecular weight is 502 g/mol. The summed E-state index contributed by atoms with van der Waals surface area (Å²) in [7, 11) is 1.52. The minimum atomic E-state index is -0.727. The van der Waals surface area contributed by atoms with E-state index in [1.54, 1.807) is 25.1 Å². The third-order valence-corrected chi connectivity index (χ3v) is 5.89. The van der Waals surface area contributed by atoms with Gasteiger partial charge in [0.05, 0.1) is 4.47 Å². The Morgan fingerprint density at radius 3 is 2.41 bits per heavy atom. The largest absolute Gasteiger partial charge is 0.483 e. The summed E-state index contributed by atoms with van der Waals surface area (Å²) in [6.45, 7) is 3.57. The van der Waals surface area contributed by atoms with Crippen LogP contribution in [0, 0.1) is 0 Å². The maximum absolute atomic E-state index is 13.0. The van der Waals surface area contributed by atoms with Gasteiger partial charge in [-0.15, -0.1) is 0 Å². The van der Waals surface area contributed by atoms with Crippen molar-refractivity contribution in [1.29, 1.82) is 0 Å². The molecule has 0 aromatic heterocycles. The van der Waals surface area contributed by atoms with Gasteiger partial charge in [0.25, 0.3) is 5.91 Å². The van der Waals surface area contributed by atoms with Gasteiger partial charge < -0.3 is 15.0 Å². The number of benzene rings is 2. The predicted octanol–water partition coefficient (Wildman–Crippen LogP) is 4.86. The Morgan fingerprint density at radius 1 is 1.21 bits per heavy atom. The van der Waals surface area contributed by atoms with Crippen molar-refractivity contribution in [2.24, 2.45) is 0 Å².